The average molecular weight is 388 g/mol. The number of nitrogens with one attached hydrogen (secondary N) is 1. The molecule has 6 nitrogen and oxygen atoms in total. The van der Waals surface area contributed by atoms with Crippen LogP contribution in [-0.2, 0) is 4.79 Å². The molecule has 1 saturated heterocycles. The molecule has 2 heterocycles. The van der Waals surface area contributed by atoms with E-state index in [4.69, 9.17) is 9.47 Å². The molecule has 0 saturated carbocycles. The first-order valence-electron chi connectivity index (χ1n) is 9.08. The fourth-order valence-electron chi connectivity index (χ4n) is 3.12. The van der Waals surface area contributed by atoms with Crippen molar-refractivity contribution in [2.45, 2.75) is 25.3 Å². The fraction of sp³-hybridized carbons (Fsp3) is 0.400. The molecule has 0 aliphatic carbocycles. The Balaban J connectivity index is 1.48. The molecule has 2 amide bonds. The molecule has 0 bridgehead atoms. The van der Waals surface area contributed by atoms with Gasteiger partial charge in [-0.05, 0) is 55.0 Å². The van der Waals surface area contributed by atoms with Gasteiger partial charge in [-0.3, -0.25) is 9.59 Å². The van der Waals surface area contributed by atoms with Crippen molar-refractivity contribution in [1.82, 2.24) is 10.2 Å². The van der Waals surface area contributed by atoms with Crippen LogP contribution in [0.15, 0.2) is 41.8 Å². The van der Waals surface area contributed by atoms with E-state index in [1.165, 1.54) is 11.3 Å². The third-order valence-electron chi connectivity index (χ3n) is 4.53. The molecule has 3 rings (SSSR count). The second-order valence-electron chi connectivity index (χ2n) is 6.30. The van der Waals surface area contributed by atoms with Gasteiger partial charge in [-0.1, -0.05) is 6.07 Å². The molecule has 1 aromatic heterocycles. The molecule has 0 spiro atoms. The summed E-state index contributed by atoms with van der Waals surface area (Å²) >= 11 is 1.41. The Hall–Kier alpha value is -2.54. The maximum atomic E-state index is 12.7. The molecule has 27 heavy (non-hydrogen) atoms. The van der Waals surface area contributed by atoms with Crippen molar-refractivity contribution < 1.29 is 19.1 Å². The second-order valence-corrected chi connectivity index (χ2v) is 7.25. The summed E-state index contributed by atoms with van der Waals surface area (Å²) in [6, 6.07) is 10.5. The molecule has 1 unspecified atom stereocenters. The summed E-state index contributed by atoms with van der Waals surface area (Å²) in [4.78, 5) is 27.6. The normalized spacial score (nSPS) is 16.6. The number of hydrogen-bond donors (Lipinski definition) is 1. The number of ether oxygens (including phenoxy) is 2. The lowest BCUT2D eigenvalue weighted by molar-refractivity contribution is -0.126. The lowest BCUT2D eigenvalue weighted by atomic mass is 10.0. The van der Waals surface area contributed by atoms with Gasteiger partial charge in [-0.25, -0.2) is 0 Å². The smallest absolute Gasteiger partial charge is 0.264 e. The Morgan fingerprint density at radius 3 is 2.67 bits per heavy atom. The maximum absolute atomic E-state index is 12.7. The third kappa shape index (κ3) is 5.01. The predicted molar refractivity (Wildman–Crippen MR) is 104 cm³/mol. The number of carbonyl (C=O) groups excluding carboxylic acids is 2. The molecule has 1 aliphatic rings. The van der Waals surface area contributed by atoms with Crippen LogP contribution in [-0.4, -0.2) is 49.6 Å². The lowest BCUT2D eigenvalue weighted by Gasteiger charge is -2.34. The Labute approximate surface area is 163 Å². The SMILES string of the molecule is COc1ccc(OCCNC(=O)C2CCCCN2C(=O)c2cccs2)cc1. The summed E-state index contributed by atoms with van der Waals surface area (Å²) < 4.78 is 10.7. The minimum absolute atomic E-state index is 0.0562. The number of rotatable bonds is 7. The van der Waals surface area contributed by atoms with E-state index in [0.717, 1.165) is 24.3 Å². The average Bonchev–Trinajstić information content (AvgIpc) is 3.26. The van der Waals surface area contributed by atoms with E-state index in [2.05, 4.69) is 5.32 Å². The van der Waals surface area contributed by atoms with Gasteiger partial charge in [0.15, 0.2) is 0 Å². The topological polar surface area (TPSA) is 67.9 Å². The monoisotopic (exact) mass is 388 g/mol. The Bertz CT molecular complexity index is 746. The number of methoxy groups -OCH3 is 1. The number of carbonyl (C=O) groups is 2. The number of piperidine rings is 1. The van der Waals surface area contributed by atoms with Crippen LogP contribution >= 0.6 is 11.3 Å². The van der Waals surface area contributed by atoms with E-state index in [-0.39, 0.29) is 11.8 Å². The molecular weight excluding hydrogens is 364 g/mol. The van der Waals surface area contributed by atoms with Crippen molar-refractivity contribution in [2.24, 2.45) is 0 Å². The van der Waals surface area contributed by atoms with Crippen LogP contribution in [0.2, 0.25) is 0 Å². The van der Waals surface area contributed by atoms with Crippen LogP contribution in [0.3, 0.4) is 0 Å². The standard InChI is InChI=1S/C20H24N2O4S/c1-25-15-7-9-16(10-8-15)26-13-11-21-19(23)17-5-2-3-12-22(17)20(24)18-6-4-14-27-18/h4,6-10,14,17H,2-3,5,11-13H2,1H3,(H,21,23). The predicted octanol–water partition coefficient (Wildman–Crippen LogP) is 2.95. The lowest BCUT2D eigenvalue weighted by Crippen LogP contribution is -2.52. The number of hydrogen-bond acceptors (Lipinski definition) is 5. The van der Waals surface area contributed by atoms with E-state index in [9.17, 15) is 9.59 Å². The minimum atomic E-state index is -0.408. The summed E-state index contributed by atoms with van der Waals surface area (Å²) in [5, 5.41) is 4.77. The first kappa shape index (κ1) is 19.2. The molecule has 7 heteroatoms. The second kappa shape index (κ2) is 9.41. The van der Waals surface area contributed by atoms with E-state index in [1.807, 2.05) is 35.7 Å². The summed E-state index contributed by atoms with van der Waals surface area (Å²) in [5.74, 6) is 1.32. The Morgan fingerprint density at radius 1 is 1.19 bits per heavy atom. The van der Waals surface area contributed by atoms with Gasteiger partial charge in [0.25, 0.3) is 5.91 Å². The third-order valence-corrected chi connectivity index (χ3v) is 5.39. The van der Waals surface area contributed by atoms with Gasteiger partial charge < -0.3 is 19.7 Å². The van der Waals surface area contributed by atoms with Gasteiger partial charge in [0.05, 0.1) is 18.5 Å². The minimum Gasteiger partial charge on any atom is -0.497 e. The van der Waals surface area contributed by atoms with Crippen LogP contribution in [0, 0.1) is 0 Å². The molecular formula is C20H24N2O4S. The number of nitrogens with zero attached hydrogens (tertiary/aromatic N) is 1. The zero-order valence-corrected chi connectivity index (χ0v) is 16.2. The van der Waals surface area contributed by atoms with Gasteiger partial charge in [0.2, 0.25) is 5.91 Å². The fourth-order valence-corrected chi connectivity index (χ4v) is 3.80. The van der Waals surface area contributed by atoms with Crippen LogP contribution in [0.25, 0.3) is 0 Å². The van der Waals surface area contributed by atoms with E-state index in [1.54, 1.807) is 18.1 Å². The highest BCUT2D eigenvalue weighted by Gasteiger charge is 2.32. The first-order valence-corrected chi connectivity index (χ1v) is 9.96. The largest absolute Gasteiger partial charge is 0.497 e. The number of thiophene rings is 1. The van der Waals surface area contributed by atoms with Crippen LogP contribution in [0.4, 0.5) is 0 Å². The Morgan fingerprint density at radius 2 is 1.96 bits per heavy atom. The number of likely N-dealkylation sites (tertiary alicyclic amines) is 1. The molecule has 1 N–H and O–H groups in total. The highest BCUT2D eigenvalue weighted by molar-refractivity contribution is 7.12. The van der Waals surface area contributed by atoms with Gasteiger partial charge in [0.1, 0.15) is 24.1 Å². The summed E-state index contributed by atoms with van der Waals surface area (Å²) in [6.45, 7) is 1.38. The highest BCUT2D eigenvalue weighted by atomic mass is 32.1. The van der Waals surface area contributed by atoms with Crippen LogP contribution in [0.5, 0.6) is 11.5 Å². The summed E-state index contributed by atoms with van der Waals surface area (Å²) in [5.41, 5.74) is 0. The Kier molecular flexibility index (Phi) is 6.70. The molecule has 0 radical (unpaired) electrons. The highest BCUT2D eigenvalue weighted by Crippen LogP contribution is 2.22. The molecule has 2 aromatic rings. The van der Waals surface area contributed by atoms with Crippen molar-refractivity contribution in [2.75, 3.05) is 26.8 Å². The molecule has 1 fully saturated rings. The number of amides is 2. The number of benzene rings is 1. The van der Waals surface area contributed by atoms with Gasteiger partial charge in [-0.15, -0.1) is 11.3 Å². The van der Waals surface area contributed by atoms with Crippen molar-refractivity contribution >= 4 is 23.2 Å². The van der Waals surface area contributed by atoms with Gasteiger partial charge in [0, 0.05) is 6.54 Å². The zero-order chi connectivity index (χ0) is 19.1. The van der Waals surface area contributed by atoms with Crippen LogP contribution in [0.1, 0.15) is 28.9 Å². The first-order chi connectivity index (χ1) is 13.2. The van der Waals surface area contributed by atoms with E-state index < -0.39 is 6.04 Å². The van der Waals surface area contributed by atoms with E-state index >= 15 is 0 Å². The molecule has 1 aliphatic heterocycles. The van der Waals surface area contributed by atoms with Gasteiger partial charge >= 0.3 is 0 Å². The zero-order valence-electron chi connectivity index (χ0n) is 15.3. The van der Waals surface area contributed by atoms with Gasteiger partial charge in [-0.2, -0.15) is 0 Å². The van der Waals surface area contributed by atoms with Crippen molar-refractivity contribution in [1.29, 1.82) is 0 Å². The molecule has 1 atom stereocenters. The van der Waals surface area contributed by atoms with Crippen molar-refractivity contribution in [3.63, 3.8) is 0 Å². The van der Waals surface area contributed by atoms with Crippen LogP contribution < -0.4 is 14.8 Å². The molecule has 1 aromatic carbocycles. The quantitative estimate of drug-likeness (QED) is 0.741. The van der Waals surface area contributed by atoms with E-state index in [0.29, 0.717) is 31.0 Å². The maximum Gasteiger partial charge on any atom is 0.264 e. The summed E-state index contributed by atoms with van der Waals surface area (Å²) in [7, 11) is 1.61. The van der Waals surface area contributed by atoms with Crippen molar-refractivity contribution in [3.05, 3.63) is 46.7 Å². The molecule has 144 valence electrons. The van der Waals surface area contributed by atoms with Crippen molar-refractivity contribution in [3.8, 4) is 11.5 Å². The summed E-state index contributed by atoms with van der Waals surface area (Å²) in [6.07, 6.45) is 2.58.